The SMILES string of the molecule is Cc1nc(N[C@H](C)c2cccc(C(F)F)c2F)c2cc3c(cc2n1)OC[C@H]1CN(C(=O)C2CCO2)CCN31. The first-order valence-electron chi connectivity index (χ1n) is 12.8. The summed E-state index contributed by atoms with van der Waals surface area (Å²) in [5, 5.41) is 3.92. The Morgan fingerprint density at radius 2 is 1.97 bits per heavy atom. The lowest BCUT2D eigenvalue weighted by atomic mass is 10.0. The van der Waals surface area contributed by atoms with Gasteiger partial charge in [-0.25, -0.2) is 23.1 Å². The van der Waals surface area contributed by atoms with E-state index in [2.05, 4.69) is 20.2 Å². The quantitative estimate of drug-likeness (QED) is 0.527. The summed E-state index contributed by atoms with van der Waals surface area (Å²) in [4.78, 5) is 25.9. The van der Waals surface area contributed by atoms with Gasteiger partial charge in [0, 0.05) is 43.1 Å². The highest BCUT2D eigenvalue weighted by Gasteiger charge is 2.38. The highest BCUT2D eigenvalue weighted by Crippen LogP contribution is 2.40. The minimum Gasteiger partial charge on any atom is -0.489 e. The summed E-state index contributed by atoms with van der Waals surface area (Å²) in [6.45, 7) is 6.30. The van der Waals surface area contributed by atoms with Gasteiger partial charge in [-0.3, -0.25) is 4.79 Å². The second kappa shape index (κ2) is 9.61. The molecule has 0 saturated carbocycles. The molecule has 1 aromatic heterocycles. The summed E-state index contributed by atoms with van der Waals surface area (Å²) in [6, 6.07) is 7.18. The van der Waals surface area contributed by atoms with Crippen LogP contribution in [-0.2, 0) is 9.53 Å². The lowest BCUT2D eigenvalue weighted by Crippen LogP contribution is -2.60. The Morgan fingerprint density at radius 3 is 2.71 bits per heavy atom. The number of hydrogen-bond acceptors (Lipinski definition) is 7. The third-order valence-corrected chi connectivity index (χ3v) is 7.51. The Bertz CT molecular complexity index is 1400. The van der Waals surface area contributed by atoms with E-state index in [-0.39, 0.29) is 23.6 Å². The number of rotatable bonds is 5. The molecule has 2 saturated heterocycles. The Labute approximate surface area is 217 Å². The van der Waals surface area contributed by atoms with Crippen molar-refractivity contribution in [1.82, 2.24) is 14.9 Å². The average molecular weight is 528 g/mol. The van der Waals surface area contributed by atoms with Gasteiger partial charge >= 0.3 is 0 Å². The number of amides is 1. The van der Waals surface area contributed by atoms with Gasteiger partial charge in [-0.2, -0.15) is 0 Å². The van der Waals surface area contributed by atoms with E-state index in [4.69, 9.17) is 9.47 Å². The fraction of sp³-hybridized carbons (Fsp3) is 0.444. The molecule has 1 N–H and O–H groups in total. The molecule has 3 aromatic rings. The predicted molar refractivity (Wildman–Crippen MR) is 135 cm³/mol. The van der Waals surface area contributed by atoms with Gasteiger partial charge in [-0.15, -0.1) is 0 Å². The van der Waals surface area contributed by atoms with Crippen molar-refractivity contribution >= 4 is 28.3 Å². The third-order valence-electron chi connectivity index (χ3n) is 7.51. The largest absolute Gasteiger partial charge is 0.489 e. The number of ether oxygens (including phenoxy) is 2. The van der Waals surface area contributed by atoms with Gasteiger partial charge in [0.05, 0.1) is 35.5 Å². The zero-order valence-corrected chi connectivity index (χ0v) is 21.1. The summed E-state index contributed by atoms with van der Waals surface area (Å²) in [7, 11) is 0. The normalized spacial score (nSPS) is 21.4. The molecule has 0 bridgehead atoms. The van der Waals surface area contributed by atoms with Gasteiger partial charge in [-0.05, 0) is 19.9 Å². The first-order chi connectivity index (χ1) is 18.3. The van der Waals surface area contributed by atoms with Crippen LogP contribution in [0.25, 0.3) is 10.9 Å². The Hall–Kier alpha value is -3.60. The highest BCUT2D eigenvalue weighted by molar-refractivity contribution is 5.94. The van der Waals surface area contributed by atoms with Crippen molar-refractivity contribution in [2.24, 2.45) is 0 Å². The lowest BCUT2D eigenvalue weighted by Gasteiger charge is -2.46. The first kappa shape index (κ1) is 24.7. The molecule has 1 amide bonds. The average Bonchev–Trinajstić information content (AvgIpc) is 2.86. The number of nitrogens with zero attached hydrogens (tertiary/aromatic N) is 4. The number of halogens is 3. The second-order valence-electron chi connectivity index (χ2n) is 9.96. The van der Waals surface area contributed by atoms with E-state index < -0.39 is 23.8 Å². The van der Waals surface area contributed by atoms with Gasteiger partial charge in [0.15, 0.2) is 0 Å². The smallest absolute Gasteiger partial charge is 0.266 e. The van der Waals surface area contributed by atoms with Crippen molar-refractivity contribution in [3.8, 4) is 5.75 Å². The Morgan fingerprint density at radius 1 is 1.18 bits per heavy atom. The van der Waals surface area contributed by atoms with E-state index >= 15 is 0 Å². The molecule has 4 heterocycles. The van der Waals surface area contributed by atoms with E-state index in [1.807, 2.05) is 17.0 Å². The summed E-state index contributed by atoms with van der Waals surface area (Å²) >= 11 is 0. The molecule has 3 aliphatic heterocycles. The van der Waals surface area contributed by atoms with Crippen LogP contribution in [0.4, 0.5) is 24.7 Å². The molecule has 0 spiro atoms. The standard InChI is InChI=1S/C27H28F3N5O3/c1-14(17-4-3-5-18(24(17)28)25(29)30)31-26-19-10-21-23(11-20(19)32-15(2)33-26)38-13-16-12-34(7-8-35(16)21)27(36)22-6-9-37-22/h3-5,10-11,14,16,22,25H,6-9,12-13H2,1-2H3,(H,31,32,33)/t14-,16-,22?/m1/s1. The molecule has 0 radical (unpaired) electrons. The number of hydrogen-bond donors (Lipinski definition) is 1. The van der Waals surface area contributed by atoms with Crippen LogP contribution in [0.1, 0.15) is 42.8 Å². The van der Waals surface area contributed by atoms with Crippen LogP contribution in [-0.4, -0.2) is 65.8 Å². The number of alkyl halides is 2. The molecule has 1 unspecified atom stereocenters. The van der Waals surface area contributed by atoms with Gasteiger partial charge in [0.1, 0.15) is 35.9 Å². The number of benzene rings is 2. The van der Waals surface area contributed by atoms with Crippen molar-refractivity contribution in [1.29, 1.82) is 0 Å². The van der Waals surface area contributed by atoms with E-state index in [0.29, 0.717) is 61.1 Å². The molecule has 2 aromatic carbocycles. The molecule has 0 aliphatic carbocycles. The molecule has 8 nitrogen and oxygen atoms in total. The first-order valence-corrected chi connectivity index (χ1v) is 12.8. The van der Waals surface area contributed by atoms with Crippen LogP contribution < -0.4 is 15.0 Å². The van der Waals surface area contributed by atoms with Crippen molar-refractivity contribution < 1.29 is 27.4 Å². The maximum atomic E-state index is 14.8. The van der Waals surface area contributed by atoms with Crippen molar-refractivity contribution in [3.63, 3.8) is 0 Å². The molecule has 2 fully saturated rings. The minimum atomic E-state index is -2.90. The molecule has 3 aliphatic rings. The van der Waals surface area contributed by atoms with Crippen LogP contribution >= 0.6 is 0 Å². The van der Waals surface area contributed by atoms with Crippen LogP contribution in [0.15, 0.2) is 30.3 Å². The maximum absolute atomic E-state index is 14.8. The van der Waals surface area contributed by atoms with Crippen LogP contribution in [0.3, 0.4) is 0 Å². The molecular formula is C27H28F3N5O3. The lowest BCUT2D eigenvalue weighted by molar-refractivity contribution is -0.157. The van der Waals surface area contributed by atoms with Crippen molar-refractivity contribution in [3.05, 3.63) is 53.1 Å². The van der Waals surface area contributed by atoms with Crippen LogP contribution in [0, 0.1) is 12.7 Å². The monoisotopic (exact) mass is 527 g/mol. The second-order valence-corrected chi connectivity index (χ2v) is 9.96. The van der Waals surface area contributed by atoms with Gasteiger partial charge in [-0.1, -0.05) is 18.2 Å². The zero-order chi connectivity index (χ0) is 26.6. The van der Waals surface area contributed by atoms with E-state index in [0.717, 1.165) is 18.2 Å². The maximum Gasteiger partial charge on any atom is 0.266 e. The Kier molecular flexibility index (Phi) is 6.25. The fourth-order valence-electron chi connectivity index (χ4n) is 5.40. The highest BCUT2D eigenvalue weighted by atomic mass is 19.3. The van der Waals surface area contributed by atoms with E-state index in [1.54, 1.807) is 13.8 Å². The molecule has 3 atom stereocenters. The van der Waals surface area contributed by atoms with Crippen LogP contribution in [0.2, 0.25) is 0 Å². The summed E-state index contributed by atoms with van der Waals surface area (Å²) in [5.74, 6) is 0.790. The zero-order valence-electron chi connectivity index (χ0n) is 21.1. The minimum absolute atomic E-state index is 0.00870. The third kappa shape index (κ3) is 4.28. The topological polar surface area (TPSA) is 79.8 Å². The van der Waals surface area contributed by atoms with Crippen LogP contribution in [0.5, 0.6) is 5.75 Å². The molecule has 11 heteroatoms. The number of piperazine rings is 1. The molecular weight excluding hydrogens is 499 g/mol. The number of carbonyl (C=O) groups excluding carboxylic acids is 1. The molecule has 6 rings (SSSR count). The van der Waals surface area contributed by atoms with E-state index in [9.17, 15) is 18.0 Å². The number of aromatic nitrogens is 2. The van der Waals surface area contributed by atoms with Gasteiger partial charge < -0.3 is 24.6 Å². The predicted octanol–water partition coefficient (Wildman–Crippen LogP) is 4.39. The number of anilines is 2. The number of aryl methyl sites for hydroxylation is 1. The number of carbonyl (C=O) groups is 1. The summed E-state index contributed by atoms with van der Waals surface area (Å²) < 4.78 is 52.8. The molecule has 38 heavy (non-hydrogen) atoms. The molecule has 200 valence electrons. The van der Waals surface area contributed by atoms with Gasteiger partial charge in [0.25, 0.3) is 12.3 Å². The summed E-state index contributed by atoms with van der Waals surface area (Å²) in [6.07, 6.45) is -2.47. The Balaban J connectivity index is 1.30. The van der Waals surface area contributed by atoms with E-state index in [1.165, 1.54) is 12.1 Å². The van der Waals surface area contributed by atoms with Crippen molar-refractivity contribution in [2.75, 3.05) is 43.1 Å². The number of fused-ring (bicyclic) bond motifs is 4. The van der Waals surface area contributed by atoms with Gasteiger partial charge in [0.2, 0.25) is 0 Å². The summed E-state index contributed by atoms with van der Waals surface area (Å²) in [5.41, 5.74) is 1.03. The fourth-order valence-corrected chi connectivity index (χ4v) is 5.40. The van der Waals surface area contributed by atoms with Crippen molar-refractivity contribution in [2.45, 2.75) is 44.9 Å². The number of nitrogens with one attached hydrogen (secondary N) is 1.